The number of benzene rings is 1. The monoisotopic (exact) mass is 387 g/mol. The molecule has 0 saturated heterocycles. The second kappa shape index (κ2) is 10.6. The average Bonchev–Trinajstić information content (AvgIpc) is 2.73. The van der Waals surface area contributed by atoms with E-state index in [0.717, 1.165) is 5.56 Å². The van der Waals surface area contributed by atoms with Gasteiger partial charge in [-0.3, -0.25) is 14.8 Å². The summed E-state index contributed by atoms with van der Waals surface area (Å²) in [5, 5.41) is 8.84. The van der Waals surface area contributed by atoms with E-state index in [9.17, 15) is 4.79 Å². The largest absolute Gasteiger partial charge is 0.493 e. The SMILES string of the molecule is CN=C(NCC(=O)Nc1cccnc1)NCc1cc(OC)c(OC)c(OC)c1. The second-order valence-electron chi connectivity index (χ2n) is 5.60. The Bertz CT molecular complexity index is 786. The minimum atomic E-state index is -0.205. The van der Waals surface area contributed by atoms with Gasteiger partial charge in [0, 0.05) is 19.8 Å². The molecule has 0 saturated carbocycles. The first-order valence-electron chi connectivity index (χ1n) is 8.54. The molecule has 3 N–H and O–H groups in total. The van der Waals surface area contributed by atoms with Crippen molar-refractivity contribution in [3.05, 3.63) is 42.2 Å². The van der Waals surface area contributed by atoms with Gasteiger partial charge in [-0.1, -0.05) is 0 Å². The zero-order valence-corrected chi connectivity index (χ0v) is 16.4. The molecule has 150 valence electrons. The summed E-state index contributed by atoms with van der Waals surface area (Å²) in [6, 6.07) is 7.21. The topological polar surface area (TPSA) is 106 Å². The van der Waals surface area contributed by atoms with Crippen LogP contribution >= 0.6 is 0 Å². The Morgan fingerprint density at radius 2 is 1.82 bits per heavy atom. The normalized spacial score (nSPS) is 10.8. The van der Waals surface area contributed by atoms with Crippen molar-refractivity contribution in [2.75, 3.05) is 40.2 Å². The fourth-order valence-corrected chi connectivity index (χ4v) is 2.45. The van der Waals surface area contributed by atoms with Crippen LogP contribution in [0, 0.1) is 0 Å². The van der Waals surface area contributed by atoms with E-state index >= 15 is 0 Å². The van der Waals surface area contributed by atoms with Crippen LogP contribution in [0.15, 0.2) is 41.7 Å². The van der Waals surface area contributed by atoms with E-state index in [0.29, 0.717) is 35.4 Å². The van der Waals surface area contributed by atoms with Gasteiger partial charge in [-0.05, 0) is 29.8 Å². The Morgan fingerprint density at radius 1 is 1.11 bits per heavy atom. The Balaban J connectivity index is 1.92. The highest BCUT2D eigenvalue weighted by Crippen LogP contribution is 2.38. The lowest BCUT2D eigenvalue weighted by molar-refractivity contribution is -0.115. The summed E-state index contributed by atoms with van der Waals surface area (Å²) in [5.41, 5.74) is 1.53. The van der Waals surface area contributed by atoms with Gasteiger partial charge in [0.25, 0.3) is 0 Å². The molecule has 1 heterocycles. The Labute approximate surface area is 164 Å². The lowest BCUT2D eigenvalue weighted by Gasteiger charge is -2.16. The van der Waals surface area contributed by atoms with Gasteiger partial charge in [0.1, 0.15) is 0 Å². The van der Waals surface area contributed by atoms with Crippen molar-refractivity contribution in [1.29, 1.82) is 0 Å². The molecule has 9 nitrogen and oxygen atoms in total. The predicted octanol–water partition coefficient (Wildman–Crippen LogP) is 1.41. The van der Waals surface area contributed by atoms with E-state index in [1.54, 1.807) is 52.9 Å². The second-order valence-corrected chi connectivity index (χ2v) is 5.60. The van der Waals surface area contributed by atoms with Crippen LogP contribution in [0.5, 0.6) is 17.2 Å². The minimum Gasteiger partial charge on any atom is -0.493 e. The third kappa shape index (κ3) is 5.76. The molecule has 28 heavy (non-hydrogen) atoms. The number of anilines is 1. The van der Waals surface area contributed by atoms with Crippen LogP contribution in [0.1, 0.15) is 5.56 Å². The van der Waals surface area contributed by atoms with Gasteiger partial charge in [0.15, 0.2) is 17.5 Å². The molecule has 1 amide bonds. The molecule has 0 aliphatic carbocycles. The number of nitrogens with zero attached hydrogens (tertiary/aromatic N) is 2. The minimum absolute atomic E-state index is 0.0593. The van der Waals surface area contributed by atoms with Crippen LogP contribution in [0.3, 0.4) is 0 Å². The number of pyridine rings is 1. The predicted molar refractivity (Wildman–Crippen MR) is 107 cm³/mol. The first-order chi connectivity index (χ1) is 13.6. The molecule has 0 spiro atoms. The first kappa shape index (κ1) is 20.8. The molecule has 0 aliphatic heterocycles. The maximum atomic E-state index is 12.0. The van der Waals surface area contributed by atoms with E-state index < -0.39 is 0 Å². The molecule has 2 rings (SSSR count). The van der Waals surface area contributed by atoms with Gasteiger partial charge in [-0.2, -0.15) is 0 Å². The van der Waals surface area contributed by atoms with Gasteiger partial charge >= 0.3 is 0 Å². The van der Waals surface area contributed by atoms with Crippen LogP contribution in [-0.4, -0.2) is 51.8 Å². The Hall–Kier alpha value is -3.49. The fourth-order valence-electron chi connectivity index (χ4n) is 2.45. The summed E-state index contributed by atoms with van der Waals surface area (Å²) >= 11 is 0. The van der Waals surface area contributed by atoms with Crippen molar-refractivity contribution in [1.82, 2.24) is 15.6 Å². The van der Waals surface area contributed by atoms with Crippen LogP contribution in [0.2, 0.25) is 0 Å². The van der Waals surface area contributed by atoms with Gasteiger partial charge < -0.3 is 30.2 Å². The summed E-state index contributed by atoms with van der Waals surface area (Å²) in [6.07, 6.45) is 3.22. The summed E-state index contributed by atoms with van der Waals surface area (Å²) < 4.78 is 16.0. The third-order valence-electron chi connectivity index (χ3n) is 3.77. The zero-order valence-electron chi connectivity index (χ0n) is 16.4. The molecule has 0 radical (unpaired) electrons. The zero-order chi connectivity index (χ0) is 20.4. The molecular weight excluding hydrogens is 362 g/mol. The number of nitrogens with one attached hydrogen (secondary N) is 3. The van der Waals surface area contributed by atoms with Crippen molar-refractivity contribution in [2.24, 2.45) is 4.99 Å². The number of aliphatic imine (C=N–C) groups is 1. The number of amides is 1. The summed E-state index contributed by atoms with van der Waals surface area (Å²) in [5.74, 6) is 1.94. The Morgan fingerprint density at radius 3 is 2.36 bits per heavy atom. The van der Waals surface area contributed by atoms with E-state index in [1.807, 2.05) is 12.1 Å². The number of carbonyl (C=O) groups excluding carboxylic acids is 1. The Kier molecular flexibility index (Phi) is 7.89. The van der Waals surface area contributed by atoms with Crippen molar-refractivity contribution in [3.8, 4) is 17.2 Å². The van der Waals surface area contributed by atoms with Crippen LogP contribution < -0.4 is 30.2 Å². The quantitative estimate of drug-likeness (QED) is 0.464. The number of aromatic nitrogens is 1. The number of rotatable bonds is 8. The number of hydrogen-bond acceptors (Lipinski definition) is 6. The van der Waals surface area contributed by atoms with Crippen LogP contribution in [0.4, 0.5) is 5.69 Å². The van der Waals surface area contributed by atoms with Gasteiger partial charge in [0.2, 0.25) is 11.7 Å². The molecule has 0 aliphatic rings. The lowest BCUT2D eigenvalue weighted by Crippen LogP contribution is -2.41. The standard InChI is InChI=1S/C19H25N5O4/c1-20-19(23-12-17(25)24-14-6-5-7-21-11-14)22-10-13-8-15(26-2)18(28-4)16(9-13)27-3/h5-9,11H,10,12H2,1-4H3,(H,24,25)(H2,20,22,23). The summed E-state index contributed by atoms with van der Waals surface area (Å²) in [7, 11) is 6.32. The molecule has 9 heteroatoms. The maximum Gasteiger partial charge on any atom is 0.243 e. The van der Waals surface area contributed by atoms with Gasteiger partial charge in [-0.15, -0.1) is 0 Å². The summed E-state index contributed by atoms with van der Waals surface area (Å²) in [4.78, 5) is 20.1. The molecular formula is C19H25N5O4. The van der Waals surface area contributed by atoms with Gasteiger partial charge in [-0.25, -0.2) is 0 Å². The number of ether oxygens (including phenoxy) is 3. The van der Waals surface area contributed by atoms with Crippen molar-refractivity contribution >= 4 is 17.6 Å². The van der Waals surface area contributed by atoms with Crippen molar-refractivity contribution in [3.63, 3.8) is 0 Å². The third-order valence-corrected chi connectivity index (χ3v) is 3.77. The maximum absolute atomic E-state index is 12.0. The average molecular weight is 387 g/mol. The fraction of sp³-hybridized carbons (Fsp3) is 0.316. The molecule has 1 aromatic heterocycles. The molecule has 2 aromatic rings. The van der Waals surface area contributed by atoms with Gasteiger partial charge in [0.05, 0.1) is 39.8 Å². The number of hydrogen-bond donors (Lipinski definition) is 3. The van der Waals surface area contributed by atoms with E-state index in [4.69, 9.17) is 14.2 Å². The number of carbonyl (C=O) groups is 1. The molecule has 0 fully saturated rings. The van der Waals surface area contributed by atoms with E-state index in [2.05, 4.69) is 25.9 Å². The van der Waals surface area contributed by atoms with Crippen LogP contribution in [0.25, 0.3) is 0 Å². The van der Waals surface area contributed by atoms with E-state index in [1.165, 1.54) is 0 Å². The molecule has 0 unspecified atom stereocenters. The lowest BCUT2D eigenvalue weighted by atomic mass is 10.2. The molecule has 0 bridgehead atoms. The molecule has 1 aromatic carbocycles. The molecule has 0 atom stereocenters. The van der Waals surface area contributed by atoms with Crippen molar-refractivity contribution in [2.45, 2.75) is 6.54 Å². The smallest absolute Gasteiger partial charge is 0.243 e. The summed E-state index contributed by atoms with van der Waals surface area (Å²) in [6.45, 7) is 0.504. The number of guanidine groups is 1. The number of methoxy groups -OCH3 is 3. The highest BCUT2D eigenvalue weighted by atomic mass is 16.5. The first-order valence-corrected chi connectivity index (χ1v) is 8.54. The van der Waals surface area contributed by atoms with Crippen LogP contribution in [-0.2, 0) is 11.3 Å². The highest BCUT2D eigenvalue weighted by Gasteiger charge is 2.13. The van der Waals surface area contributed by atoms with E-state index in [-0.39, 0.29) is 12.5 Å². The van der Waals surface area contributed by atoms with Crippen molar-refractivity contribution < 1.29 is 19.0 Å². The highest BCUT2D eigenvalue weighted by molar-refractivity contribution is 5.94.